The van der Waals surface area contributed by atoms with Gasteiger partial charge in [0.25, 0.3) is 0 Å². The fourth-order valence-electron chi connectivity index (χ4n) is 7.16. The molecule has 2 atom stereocenters. The molecule has 6 heterocycles. The molecule has 0 spiro atoms. The van der Waals surface area contributed by atoms with E-state index in [0.717, 1.165) is 82.5 Å². The largest absolute Gasteiger partial charge is 0.508 e. The second-order valence-corrected chi connectivity index (χ2v) is 11.9. The fraction of sp³-hybridized carbons (Fsp3) is 0.536. The van der Waals surface area contributed by atoms with Crippen LogP contribution in [0, 0.1) is 0 Å². The van der Waals surface area contributed by atoms with Crippen molar-refractivity contribution in [3.05, 3.63) is 35.0 Å². The first kappa shape index (κ1) is 26.0. The molecular formula is C28H30ClF3N6O2. The molecule has 2 bridgehead atoms. The summed E-state index contributed by atoms with van der Waals surface area (Å²) >= 11 is 5.93. The van der Waals surface area contributed by atoms with Crippen molar-refractivity contribution in [1.29, 1.82) is 0 Å². The maximum Gasteiger partial charge on any atom is 0.418 e. The summed E-state index contributed by atoms with van der Waals surface area (Å²) in [5.74, 6) is -0.225. The van der Waals surface area contributed by atoms with Gasteiger partial charge in [-0.3, -0.25) is 4.90 Å². The van der Waals surface area contributed by atoms with E-state index in [0.29, 0.717) is 30.0 Å². The van der Waals surface area contributed by atoms with Crippen LogP contribution in [0.4, 0.5) is 18.9 Å². The van der Waals surface area contributed by atoms with Gasteiger partial charge < -0.3 is 20.1 Å². The van der Waals surface area contributed by atoms with Crippen LogP contribution in [0.1, 0.15) is 44.1 Å². The van der Waals surface area contributed by atoms with Crippen molar-refractivity contribution in [2.75, 3.05) is 37.7 Å². The molecule has 212 valence electrons. The summed E-state index contributed by atoms with van der Waals surface area (Å²) in [4.78, 5) is 18.3. The number of rotatable bonds is 5. The average Bonchev–Trinajstić information content (AvgIpc) is 3.58. The number of phenols is 1. The first-order chi connectivity index (χ1) is 19.2. The van der Waals surface area contributed by atoms with Crippen LogP contribution in [-0.2, 0) is 6.18 Å². The van der Waals surface area contributed by atoms with Gasteiger partial charge in [-0.2, -0.15) is 18.2 Å². The van der Waals surface area contributed by atoms with Gasteiger partial charge in [-0.1, -0.05) is 11.6 Å². The van der Waals surface area contributed by atoms with Gasteiger partial charge in [0.1, 0.15) is 12.4 Å². The molecule has 12 heteroatoms. The number of nitrogens with one attached hydrogen (secondary N) is 1. The molecule has 40 heavy (non-hydrogen) atoms. The number of hydrogen-bond acceptors (Lipinski definition) is 8. The number of halogens is 4. The maximum absolute atomic E-state index is 14.0. The lowest BCUT2D eigenvalue weighted by Gasteiger charge is -2.35. The first-order valence-electron chi connectivity index (χ1n) is 13.9. The summed E-state index contributed by atoms with van der Waals surface area (Å²) in [5, 5.41) is 13.7. The van der Waals surface area contributed by atoms with Crippen LogP contribution in [0.25, 0.3) is 22.4 Å². The summed E-state index contributed by atoms with van der Waals surface area (Å²) in [6.45, 7) is 4.27. The van der Waals surface area contributed by atoms with Gasteiger partial charge in [0.05, 0.1) is 27.2 Å². The lowest BCUT2D eigenvalue weighted by Crippen LogP contribution is -2.51. The van der Waals surface area contributed by atoms with Gasteiger partial charge in [0.15, 0.2) is 11.5 Å². The van der Waals surface area contributed by atoms with Gasteiger partial charge in [-0.15, -0.1) is 0 Å². The zero-order valence-corrected chi connectivity index (χ0v) is 22.6. The van der Waals surface area contributed by atoms with Gasteiger partial charge >= 0.3 is 6.18 Å². The predicted molar refractivity (Wildman–Crippen MR) is 145 cm³/mol. The lowest BCUT2D eigenvalue weighted by molar-refractivity contribution is -0.137. The topological polar surface area (TPSA) is 86.6 Å². The molecule has 0 saturated carbocycles. The molecule has 8 nitrogen and oxygen atoms in total. The Balaban J connectivity index is 1.32. The number of aromatic hydroxyl groups is 1. The van der Waals surface area contributed by atoms with E-state index in [-0.39, 0.29) is 17.0 Å². The van der Waals surface area contributed by atoms with E-state index in [1.807, 2.05) is 6.07 Å². The molecule has 1 aromatic carbocycles. The van der Waals surface area contributed by atoms with E-state index < -0.39 is 28.1 Å². The van der Waals surface area contributed by atoms with Crippen molar-refractivity contribution in [1.82, 2.24) is 25.2 Å². The molecule has 0 radical (unpaired) electrons. The molecule has 7 rings (SSSR count). The fourth-order valence-corrected chi connectivity index (χ4v) is 7.48. The highest BCUT2D eigenvalue weighted by atomic mass is 35.5. The quantitative estimate of drug-likeness (QED) is 0.439. The first-order valence-corrected chi connectivity index (χ1v) is 14.2. The van der Waals surface area contributed by atoms with Gasteiger partial charge in [0.2, 0.25) is 5.88 Å². The number of ether oxygens (including phenoxy) is 1. The molecule has 4 aliphatic rings. The van der Waals surface area contributed by atoms with E-state index in [2.05, 4.69) is 30.1 Å². The molecular weight excluding hydrogens is 545 g/mol. The summed E-state index contributed by atoms with van der Waals surface area (Å²) in [7, 11) is 0. The number of hydrogen-bond donors (Lipinski definition) is 2. The van der Waals surface area contributed by atoms with E-state index >= 15 is 0 Å². The third-order valence-corrected chi connectivity index (χ3v) is 9.28. The number of piperazine rings is 1. The van der Waals surface area contributed by atoms with Crippen LogP contribution in [0.3, 0.4) is 0 Å². The maximum atomic E-state index is 14.0. The highest BCUT2D eigenvalue weighted by Gasteiger charge is 2.45. The van der Waals surface area contributed by atoms with E-state index in [1.54, 1.807) is 0 Å². The second-order valence-electron chi connectivity index (χ2n) is 11.5. The molecule has 0 aliphatic carbocycles. The van der Waals surface area contributed by atoms with Crippen molar-refractivity contribution in [2.45, 2.75) is 62.3 Å². The van der Waals surface area contributed by atoms with Crippen molar-refractivity contribution < 1.29 is 23.0 Å². The van der Waals surface area contributed by atoms with Crippen molar-refractivity contribution in [3.8, 4) is 23.0 Å². The molecule has 0 amide bonds. The van der Waals surface area contributed by atoms with E-state index in [4.69, 9.17) is 16.3 Å². The highest BCUT2D eigenvalue weighted by Crippen LogP contribution is 2.44. The number of benzene rings is 1. The molecule has 4 aliphatic heterocycles. The van der Waals surface area contributed by atoms with Crippen molar-refractivity contribution in [3.63, 3.8) is 0 Å². The Labute approximate surface area is 234 Å². The van der Waals surface area contributed by atoms with E-state index in [1.165, 1.54) is 6.20 Å². The summed E-state index contributed by atoms with van der Waals surface area (Å²) < 4.78 is 48.3. The zero-order valence-electron chi connectivity index (χ0n) is 21.8. The smallest absolute Gasteiger partial charge is 0.418 e. The second kappa shape index (κ2) is 9.60. The van der Waals surface area contributed by atoms with Crippen LogP contribution in [0.5, 0.6) is 11.6 Å². The minimum atomic E-state index is -4.77. The molecule has 2 unspecified atom stereocenters. The molecule has 2 N–H and O–H groups in total. The number of pyridine rings is 1. The number of fused-ring (bicyclic) bond motifs is 4. The van der Waals surface area contributed by atoms with Crippen LogP contribution in [0.15, 0.2) is 24.4 Å². The monoisotopic (exact) mass is 574 g/mol. The Morgan fingerprint density at radius 1 is 1.07 bits per heavy atom. The zero-order chi connectivity index (χ0) is 27.6. The van der Waals surface area contributed by atoms with Gasteiger partial charge in [-0.05, 0) is 63.7 Å². The van der Waals surface area contributed by atoms with Crippen molar-refractivity contribution >= 4 is 28.3 Å². The van der Waals surface area contributed by atoms with E-state index in [9.17, 15) is 18.3 Å². The average molecular weight is 575 g/mol. The van der Waals surface area contributed by atoms with Gasteiger partial charge in [0, 0.05) is 43.0 Å². The Morgan fingerprint density at radius 3 is 2.50 bits per heavy atom. The normalized spacial score (nSPS) is 24.1. The third kappa shape index (κ3) is 4.52. The minimum Gasteiger partial charge on any atom is -0.508 e. The Hall–Kier alpha value is -2.89. The van der Waals surface area contributed by atoms with Crippen molar-refractivity contribution in [2.24, 2.45) is 0 Å². The Kier molecular flexibility index (Phi) is 6.25. The van der Waals surface area contributed by atoms with Crippen LogP contribution < -0.4 is 15.0 Å². The van der Waals surface area contributed by atoms with Crippen LogP contribution in [-0.4, -0.2) is 75.4 Å². The summed E-state index contributed by atoms with van der Waals surface area (Å²) in [6, 6.07) is 4.52. The molecule has 2 aromatic heterocycles. The van der Waals surface area contributed by atoms with Crippen LogP contribution in [0.2, 0.25) is 5.02 Å². The number of aromatic nitrogens is 3. The minimum absolute atomic E-state index is 0.0156. The SMILES string of the molecule is Oc1cc(Cl)c(C(F)(F)F)c(-c2ncc3c(N4CC5CCC(C4)N5)cc(OCC45CCCN4CCC5)nc3n2)c1. The third-order valence-electron chi connectivity index (χ3n) is 8.98. The summed E-state index contributed by atoms with van der Waals surface area (Å²) in [6.07, 6.45) is 3.41. The number of nitrogens with zero attached hydrogens (tertiary/aromatic N) is 5. The molecule has 3 aromatic rings. The lowest BCUT2D eigenvalue weighted by atomic mass is 9.95. The predicted octanol–water partition coefficient (Wildman–Crippen LogP) is 5.02. The number of anilines is 1. The van der Waals surface area contributed by atoms with Gasteiger partial charge in [-0.25, -0.2) is 9.97 Å². The number of alkyl halides is 3. The summed E-state index contributed by atoms with van der Waals surface area (Å²) in [5.41, 5.74) is -0.382. The Bertz CT molecular complexity index is 1450. The standard InChI is InChI=1S/C28H30ClF3N6O2/c29-21-10-18(39)9-19(24(21)28(30,31)32)25-33-12-20-22(37-13-16-3-4-17(14-37)34-16)11-23(35-26(20)36-25)40-15-27-5-1-7-38(27)8-2-6-27/h9-12,16-17,34,39H,1-8,13-15H2. The highest BCUT2D eigenvalue weighted by molar-refractivity contribution is 6.32. The Morgan fingerprint density at radius 2 is 1.80 bits per heavy atom. The van der Waals surface area contributed by atoms with Crippen LogP contribution >= 0.6 is 11.6 Å². The number of phenolic OH excluding ortho intramolecular Hbond substituents is 1. The molecule has 4 fully saturated rings. The molecule has 4 saturated heterocycles.